The van der Waals surface area contributed by atoms with Crippen LogP contribution in [-0.4, -0.2) is 42.8 Å². The molecule has 0 bridgehead atoms. The summed E-state index contributed by atoms with van der Waals surface area (Å²) in [6, 6.07) is 2.55. The highest BCUT2D eigenvalue weighted by Crippen LogP contribution is 2.27. The predicted molar refractivity (Wildman–Crippen MR) is 81.5 cm³/mol. The van der Waals surface area contributed by atoms with Gasteiger partial charge in [0.05, 0.1) is 6.61 Å². The first-order valence-corrected chi connectivity index (χ1v) is 7.64. The SMILES string of the molecule is CCOc1cc(N2CCCCC2CCNC)nc(C)n1. The zero-order valence-electron chi connectivity index (χ0n) is 12.9. The minimum atomic E-state index is 0.569. The van der Waals surface area contributed by atoms with Gasteiger partial charge in [0.15, 0.2) is 0 Å². The lowest BCUT2D eigenvalue weighted by atomic mass is 9.99. The number of nitrogens with zero attached hydrogens (tertiary/aromatic N) is 3. The second-order valence-corrected chi connectivity index (χ2v) is 5.28. The zero-order chi connectivity index (χ0) is 14.4. The number of ether oxygens (including phenoxy) is 1. The molecule has 1 aromatic heterocycles. The summed E-state index contributed by atoms with van der Waals surface area (Å²) in [6.45, 7) is 6.67. The first-order chi connectivity index (χ1) is 9.74. The van der Waals surface area contributed by atoms with Crippen LogP contribution >= 0.6 is 0 Å². The maximum atomic E-state index is 5.54. The fraction of sp³-hybridized carbons (Fsp3) is 0.733. The Morgan fingerprint density at radius 1 is 1.40 bits per heavy atom. The molecule has 0 aromatic carbocycles. The van der Waals surface area contributed by atoms with Gasteiger partial charge in [-0.05, 0) is 53.1 Å². The Morgan fingerprint density at radius 3 is 3.00 bits per heavy atom. The van der Waals surface area contributed by atoms with Gasteiger partial charge in [-0.1, -0.05) is 0 Å². The number of aromatic nitrogens is 2. The van der Waals surface area contributed by atoms with E-state index in [9.17, 15) is 0 Å². The van der Waals surface area contributed by atoms with Gasteiger partial charge < -0.3 is 15.0 Å². The van der Waals surface area contributed by atoms with Gasteiger partial charge >= 0.3 is 0 Å². The molecule has 5 nitrogen and oxygen atoms in total. The molecule has 0 aliphatic carbocycles. The molecule has 1 aliphatic rings. The van der Waals surface area contributed by atoms with Crippen molar-refractivity contribution in [2.45, 2.75) is 45.6 Å². The van der Waals surface area contributed by atoms with Gasteiger partial charge in [-0.15, -0.1) is 0 Å². The van der Waals surface area contributed by atoms with Crippen molar-refractivity contribution in [1.29, 1.82) is 0 Å². The van der Waals surface area contributed by atoms with Crippen LogP contribution in [0.1, 0.15) is 38.4 Å². The molecule has 0 amide bonds. The van der Waals surface area contributed by atoms with Crippen molar-refractivity contribution < 1.29 is 4.74 Å². The molecular weight excluding hydrogens is 252 g/mol. The minimum Gasteiger partial charge on any atom is -0.478 e. The van der Waals surface area contributed by atoms with Crippen molar-refractivity contribution >= 4 is 5.82 Å². The molecule has 1 atom stereocenters. The number of anilines is 1. The largest absolute Gasteiger partial charge is 0.478 e. The molecule has 1 aliphatic heterocycles. The Labute approximate surface area is 121 Å². The van der Waals surface area contributed by atoms with Crippen LogP contribution in [0.2, 0.25) is 0 Å². The Bertz CT molecular complexity index is 424. The molecule has 2 heterocycles. The predicted octanol–water partition coefficient (Wildman–Crippen LogP) is 2.15. The Balaban J connectivity index is 2.17. The maximum absolute atomic E-state index is 5.54. The van der Waals surface area contributed by atoms with E-state index < -0.39 is 0 Å². The first kappa shape index (κ1) is 15.0. The lowest BCUT2D eigenvalue weighted by Gasteiger charge is -2.37. The van der Waals surface area contributed by atoms with Crippen LogP contribution < -0.4 is 15.0 Å². The van der Waals surface area contributed by atoms with Crippen LogP contribution in [0.4, 0.5) is 5.82 Å². The van der Waals surface area contributed by atoms with Crippen LogP contribution in [0.5, 0.6) is 5.88 Å². The monoisotopic (exact) mass is 278 g/mol. The van der Waals surface area contributed by atoms with Crippen LogP contribution in [-0.2, 0) is 0 Å². The zero-order valence-corrected chi connectivity index (χ0v) is 12.9. The second-order valence-electron chi connectivity index (χ2n) is 5.28. The van der Waals surface area contributed by atoms with Crippen molar-refractivity contribution in [3.05, 3.63) is 11.9 Å². The van der Waals surface area contributed by atoms with Gasteiger partial charge in [-0.3, -0.25) is 0 Å². The number of piperidine rings is 1. The maximum Gasteiger partial charge on any atom is 0.218 e. The molecule has 5 heteroatoms. The van der Waals surface area contributed by atoms with E-state index >= 15 is 0 Å². The lowest BCUT2D eigenvalue weighted by Crippen LogP contribution is -2.41. The summed E-state index contributed by atoms with van der Waals surface area (Å²) >= 11 is 0. The minimum absolute atomic E-state index is 0.569. The van der Waals surface area contributed by atoms with Gasteiger partial charge in [-0.25, -0.2) is 4.98 Å². The van der Waals surface area contributed by atoms with Gasteiger partial charge in [0.1, 0.15) is 11.6 Å². The first-order valence-electron chi connectivity index (χ1n) is 7.64. The molecule has 1 N–H and O–H groups in total. The summed E-state index contributed by atoms with van der Waals surface area (Å²) in [5.74, 6) is 2.48. The van der Waals surface area contributed by atoms with E-state index in [4.69, 9.17) is 4.74 Å². The summed E-state index contributed by atoms with van der Waals surface area (Å²) in [6.07, 6.45) is 4.95. The fourth-order valence-electron chi connectivity index (χ4n) is 2.81. The highest BCUT2D eigenvalue weighted by molar-refractivity contribution is 5.43. The average Bonchev–Trinajstić information content (AvgIpc) is 2.45. The summed E-state index contributed by atoms with van der Waals surface area (Å²) in [5.41, 5.74) is 0. The number of aryl methyl sites for hydroxylation is 1. The standard InChI is InChI=1S/C15H26N4O/c1-4-20-15-11-14(17-12(2)18-15)19-10-6-5-7-13(19)8-9-16-3/h11,13,16H,4-10H2,1-3H3. The molecule has 0 saturated carbocycles. The van der Waals surface area contributed by atoms with Crippen molar-refractivity contribution in [3.63, 3.8) is 0 Å². The Kier molecular flexibility index (Phi) is 5.59. The molecule has 0 radical (unpaired) electrons. The van der Waals surface area contributed by atoms with Gasteiger partial charge in [0, 0.05) is 18.7 Å². The summed E-state index contributed by atoms with van der Waals surface area (Å²) in [4.78, 5) is 11.4. The normalized spacial score (nSPS) is 19.1. The van der Waals surface area contributed by atoms with Crippen LogP contribution in [0.25, 0.3) is 0 Å². The summed E-state index contributed by atoms with van der Waals surface area (Å²) in [5, 5.41) is 3.25. The third-order valence-corrected chi connectivity index (χ3v) is 3.74. The molecule has 2 rings (SSSR count). The molecule has 1 aromatic rings. The van der Waals surface area contributed by atoms with Crippen molar-refractivity contribution in [3.8, 4) is 5.88 Å². The van der Waals surface area contributed by atoms with Gasteiger partial charge in [0.25, 0.3) is 0 Å². The number of rotatable bonds is 6. The van der Waals surface area contributed by atoms with E-state index in [1.807, 2.05) is 27.0 Å². The summed E-state index contributed by atoms with van der Waals surface area (Å²) < 4.78 is 5.54. The third kappa shape index (κ3) is 3.82. The molecular formula is C15H26N4O. The summed E-state index contributed by atoms with van der Waals surface area (Å²) in [7, 11) is 2.01. The van der Waals surface area contributed by atoms with E-state index in [0.29, 0.717) is 18.5 Å². The van der Waals surface area contributed by atoms with Crippen LogP contribution in [0, 0.1) is 6.92 Å². The van der Waals surface area contributed by atoms with E-state index in [1.165, 1.54) is 19.3 Å². The molecule has 1 fully saturated rings. The lowest BCUT2D eigenvalue weighted by molar-refractivity contribution is 0.325. The number of hydrogen-bond acceptors (Lipinski definition) is 5. The smallest absolute Gasteiger partial charge is 0.218 e. The average molecular weight is 278 g/mol. The van der Waals surface area contributed by atoms with Crippen molar-refractivity contribution in [1.82, 2.24) is 15.3 Å². The molecule has 1 unspecified atom stereocenters. The van der Waals surface area contributed by atoms with E-state index in [2.05, 4.69) is 20.2 Å². The van der Waals surface area contributed by atoms with Crippen LogP contribution in [0.15, 0.2) is 6.07 Å². The fourth-order valence-corrected chi connectivity index (χ4v) is 2.81. The highest BCUT2D eigenvalue weighted by Gasteiger charge is 2.24. The molecule has 112 valence electrons. The van der Waals surface area contributed by atoms with Crippen LogP contribution in [0.3, 0.4) is 0 Å². The number of hydrogen-bond donors (Lipinski definition) is 1. The van der Waals surface area contributed by atoms with Gasteiger partial charge in [0.2, 0.25) is 5.88 Å². The molecule has 1 saturated heterocycles. The molecule has 0 spiro atoms. The molecule has 20 heavy (non-hydrogen) atoms. The van der Waals surface area contributed by atoms with Crippen molar-refractivity contribution in [2.24, 2.45) is 0 Å². The van der Waals surface area contributed by atoms with E-state index in [1.54, 1.807) is 0 Å². The number of nitrogens with one attached hydrogen (secondary N) is 1. The van der Waals surface area contributed by atoms with Gasteiger partial charge in [-0.2, -0.15) is 4.98 Å². The quantitative estimate of drug-likeness (QED) is 0.864. The Hall–Kier alpha value is -1.36. The van der Waals surface area contributed by atoms with E-state index in [0.717, 1.165) is 31.2 Å². The van der Waals surface area contributed by atoms with E-state index in [-0.39, 0.29) is 0 Å². The Morgan fingerprint density at radius 2 is 2.25 bits per heavy atom. The van der Waals surface area contributed by atoms with Crippen molar-refractivity contribution in [2.75, 3.05) is 31.6 Å². The third-order valence-electron chi connectivity index (χ3n) is 3.74. The topological polar surface area (TPSA) is 50.3 Å². The second kappa shape index (κ2) is 7.43. The highest BCUT2D eigenvalue weighted by atomic mass is 16.5.